The van der Waals surface area contributed by atoms with Gasteiger partial charge < -0.3 is 10.1 Å². The molecule has 1 heterocycles. The van der Waals surface area contributed by atoms with Crippen molar-refractivity contribution < 1.29 is 22.7 Å². The lowest BCUT2D eigenvalue weighted by Gasteiger charge is -2.23. The maximum atomic E-state index is 12.6. The summed E-state index contributed by atoms with van der Waals surface area (Å²) in [5, 5.41) is 2.79. The minimum atomic E-state index is -3.36. The highest BCUT2D eigenvalue weighted by Crippen LogP contribution is 2.35. The van der Waals surface area contributed by atoms with Crippen LogP contribution in [0, 0.1) is 0 Å². The van der Waals surface area contributed by atoms with Gasteiger partial charge in [-0.2, -0.15) is 0 Å². The van der Waals surface area contributed by atoms with E-state index >= 15 is 0 Å². The van der Waals surface area contributed by atoms with E-state index in [1.807, 2.05) is 6.92 Å². The molecule has 2 aromatic rings. The summed E-state index contributed by atoms with van der Waals surface area (Å²) >= 11 is 0. The highest BCUT2D eigenvalue weighted by molar-refractivity contribution is 7.92. The van der Waals surface area contributed by atoms with Crippen molar-refractivity contribution in [1.29, 1.82) is 0 Å². The summed E-state index contributed by atoms with van der Waals surface area (Å²) in [5.41, 5.74) is 2.87. The molecule has 29 heavy (non-hydrogen) atoms. The number of rotatable bonds is 6. The molecule has 8 heteroatoms. The van der Waals surface area contributed by atoms with Gasteiger partial charge in [0.25, 0.3) is 5.91 Å². The molecule has 1 amide bonds. The number of anilines is 2. The van der Waals surface area contributed by atoms with Gasteiger partial charge in [0, 0.05) is 17.3 Å². The maximum Gasteiger partial charge on any atom is 0.338 e. The van der Waals surface area contributed by atoms with E-state index < -0.39 is 16.0 Å². The van der Waals surface area contributed by atoms with Crippen LogP contribution in [-0.4, -0.2) is 38.7 Å². The lowest BCUT2D eigenvalue weighted by molar-refractivity contribution is 0.0526. The molecule has 0 unspecified atom stereocenters. The number of fused-ring (bicyclic) bond motifs is 1. The van der Waals surface area contributed by atoms with E-state index in [9.17, 15) is 18.0 Å². The minimum Gasteiger partial charge on any atom is -0.462 e. The van der Waals surface area contributed by atoms with E-state index in [0.717, 1.165) is 5.56 Å². The number of nitrogens with one attached hydrogen (secondary N) is 1. The van der Waals surface area contributed by atoms with Crippen molar-refractivity contribution in [3.05, 3.63) is 59.2 Å². The van der Waals surface area contributed by atoms with E-state index in [4.69, 9.17) is 4.74 Å². The molecule has 0 fully saturated rings. The molecule has 0 saturated carbocycles. The molecule has 0 radical (unpaired) electrons. The molecule has 1 aliphatic heterocycles. The normalized spacial score (nSPS) is 15.7. The van der Waals surface area contributed by atoms with Gasteiger partial charge in [0.1, 0.15) is 0 Å². The van der Waals surface area contributed by atoms with Gasteiger partial charge in [-0.05, 0) is 75.2 Å². The lowest BCUT2D eigenvalue weighted by atomic mass is 10.1. The Kier molecular flexibility index (Phi) is 5.93. The second-order valence-corrected chi connectivity index (χ2v) is 8.98. The Labute approximate surface area is 170 Å². The first-order valence-electron chi connectivity index (χ1n) is 9.50. The molecular formula is C21H24N2O5S. The summed E-state index contributed by atoms with van der Waals surface area (Å²) in [5.74, 6) is -0.688. The quantitative estimate of drug-likeness (QED) is 0.730. The van der Waals surface area contributed by atoms with Crippen LogP contribution in [0.3, 0.4) is 0 Å². The molecule has 7 nitrogen and oxygen atoms in total. The number of carbonyl (C=O) groups excluding carboxylic acids is 2. The predicted molar refractivity (Wildman–Crippen MR) is 112 cm³/mol. The Hall–Kier alpha value is -2.87. The van der Waals surface area contributed by atoms with Crippen molar-refractivity contribution >= 4 is 33.3 Å². The van der Waals surface area contributed by atoms with Crippen LogP contribution < -0.4 is 9.62 Å². The van der Waals surface area contributed by atoms with Crippen LogP contribution in [0.5, 0.6) is 0 Å². The number of hydrogen-bond donors (Lipinski definition) is 1. The van der Waals surface area contributed by atoms with Crippen LogP contribution in [0.4, 0.5) is 11.4 Å². The second-order valence-electron chi connectivity index (χ2n) is 6.84. The van der Waals surface area contributed by atoms with Gasteiger partial charge >= 0.3 is 5.97 Å². The Bertz CT molecular complexity index is 1030. The summed E-state index contributed by atoms with van der Waals surface area (Å²) in [6, 6.07) is 11.3. The van der Waals surface area contributed by atoms with E-state index in [1.54, 1.807) is 56.3 Å². The third-order valence-electron chi connectivity index (χ3n) is 4.81. The second kappa shape index (κ2) is 8.24. The van der Waals surface area contributed by atoms with Gasteiger partial charge in [0.05, 0.1) is 23.6 Å². The molecule has 154 valence electrons. The highest BCUT2D eigenvalue weighted by Gasteiger charge is 2.34. The fraction of sp³-hybridized carbons (Fsp3) is 0.333. The highest BCUT2D eigenvalue weighted by atomic mass is 32.2. The van der Waals surface area contributed by atoms with Crippen LogP contribution in [0.2, 0.25) is 0 Å². The van der Waals surface area contributed by atoms with Crippen molar-refractivity contribution in [1.82, 2.24) is 0 Å². The number of nitrogens with zero attached hydrogens (tertiary/aromatic N) is 1. The third kappa shape index (κ3) is 4.27. The topological polar surface area (TPSA) is 92.8 Å². The number of hydrogen-bond acceptors (Lipinski definition) is 5. The van der Waals surface area contributed by atoms with Crippen LogP contribution in [0.15, 0.2) is 42.5 Å². The van der Waals surface area contributed by atoms with E-state index in [0.29, 0.717) is 35.5 Å². The molecule has 1 atom stereocenters. The van der Waals surface area contributed by atoms with Crippen molar-refractivity contribution in [2.45, 2.75) is 33.2 Å². The molecule has 1 aliphatic rings. The van der Waals surface area contributed by atoms with Gasteiger partial charge in [0.15, 0.2) is 0 Å². The molecule has 0 aromatic heterocycles. The van der Waals surface area contributed by atoms with Crippen LogP contribution in [-0.2, 0) is 21.2 Å². The molecule has 3 rings (SSSR count). The predicted octanol–water partition coefficient (Wildman–Crippen LogP) is 3.22. The summed E-state index contributed by atoms with van der Waals surface area (Å²) in [6.45, 7) is 5.51. The van der Waals surface area contributed by atoms with E-state index in [-0.39, 0.29) is 17.7 Å². The number of amides is 1. The minimum absolute atomic E-state index is 0.0286. The fourth-order valence-electron chi connectivity index (χ4n) is 3.41. The van der Waals surface area contributed by atoms with E-state index in [1.165, 1.54) is 4.31 Å². The van der Waals surface area contributed by atoms with Crippen molar-refractivity contribution in [2.75, 3.05) is 22.0 Å². The van der Waals surface area contributed by atoms with Crippen LogP contribution in [0.1, 0.15) is 47.1 Å². The third-order valence-corrected chi connectivity index (χ3v) is 6.70. The van der Waals surface area contributed by atoms with Gasteiger partial charge in [-0.25, -0.2) is 13.2 Å². The van der Waals surface area contributed by atoms with Crippen molar-refractivity contribution in [3.8, 4) is 0 Å². The van der Waals surface area contributed by atoms with Gasteiger partial charge in [-0.15, -0.1) is 0 Å². The SMILES string of the molecule is CCOC(=O)c1ccc(NC(=O)c2ccc3c(c2)C[C@@H](C)N3S(=O)(=O)CC)cc1. The number of esters is 1. The first kappa shape index (κ1) is 20.9. The van der Waals surface area contributed by atoms with Gasteiger partial charge in [-0.1, -0.05) is 0 Å². The van der Waals surface area contributed by atoms with Crippen LogP contribution >= 0.6 is 0 Å². The summed E-state index contributed by atoms with van der Waals surface area (Å²) < 4.78 is 31.1. The Balaban J connectivity index is 1.77. The number of benzene rings is 2. The first-order chi connectivity index (χ1) is 13.8. The van der Waals surface area contributed by atoms with Gasteiger partial charge in [-0.3, -0.25) is 9.10 Å². The van der Waals surface area contributed by atoms with Crippen LogP contribution in [0.25, 0.3) is 0 Å². The maximum absolute atomic E-state index is 12.6. The van der Waals surface area contributed by atoms with E-state index in [2.05, 4.69) is 5.32 Å². The zero-order chi connectivity index (χ0) is 21.2. The zero-order valence-electron chi connectivity index (χ0n) is 16.6. The number of ether oxygens (including phenoxy) is 1. The smallest absolute Gasteiger partial charge is 0.338 e. The van der Waals surface area contributed by atoms with Crippen molar-refractivity contribution in [3.63, 3.8) is 0 Å². The molecule has 0 saturated heterocycles. The molecule has 0 aliphatic carbocycles. The van der Waals surface area contributed by atoms with Crippen molar-refractivity contribution in [2.24, 2.45) is 0 Å². The Morgan fingerprint density at radius 1 is 1.10 bits per heavy atom. The molecule has 2 aromatic carbocycles. The molecular weight excluding hydrogens is 392 g/mol. The van der Waals surface area contributed by atoms with Gasteiger partial charge in [0.2, 0.25) is 10.0 Å². The zero-order valence-corrected chi connectivity index (χ0v) is 17.5. The fourth-order valence-corrected chi connectivity index (χ4v) is 4.79. The summed E-state index contributed by atoms with van der Waals surface area (Å²) in [7, 11) is -3.36. The average Bonchev–Trinajstić information content (AvgIpc) is 3.04. The largest absolute Gasteiger partial charge is 0.462 e. The molecule has 0 spiro atoms. The number of carbonyl (C=O) groups is 2. The number of sulfonamides is 1. The summed E-state index contributed by atoms with van der Waals surface area (Å²) in [4.78, 5) is 24.3. The lowest BCUT2D eigenvalue weighted by Crippen LogP contribution is -2.36. The average molecular weight is 416 g/mol. The monoisotopic (exact) mass is 416 g/mol. The Morgan fingerprint density at radius 2 is 1.76 bits per heavy atom. The Morgan fingerprint density at radius 3 is 2.38 bits per heavy atom. The first-order valence-corrected chi connectivity index (χ1v) is 11.1. The molecule has 1 N–H and O–H groups in total. The standard InChI is InChI=1S/C21H24N2O5S/c1-4-28-21(25)15-6-9-18(10-7-15)22-20(24)16-8-11-19-17(13-16)12-14(3)23(19)29(26,27)5-2/h6-11,13-14H,4-5,12H2,1-3H3,(H,22,24)/t14-/m1/s1. The summed E-state index contributed by atoms with van der Waals surface area (Å²) in [6.07, 6.45) is 0.559. The molecule has 0 bridgehead atoms.